The predicted octanol–water partition coefficient (Wildman–Crippen LogP) is 4.46. The second kappa shape index (κ2) is 8.86. The lowest BCUT2D eigenvalue weighted by atomic mass is 10.3. The van der Waals surface area contributed by atoms with Crippen LogP contribution in [0.5, 0.6) is 5.75 Å². The number of halogens is 2. The minimum absolute atomic E-state index is 0.00191. The Kier molecular flexibility index (Phi) is 6.01. The molecule has 0 aliphatic rings. The quantitative estimate of drug-likeness (QED) is 0.340. The molecule has 2 aromatic carbocycles. The molecule has 6 nitrogen and oxygen atoms in total. The molecule has 0 radical (unpaired) electrons. The van der Waals surface area contributed by atoms with E-state index in [0.29, 0.717) is 21.7 Å². The first kappa shape index (κ1) is 21.0. The maximum Gasteiger partial charge on any atom is 0.276 e. The van der Waals surface area contributed by atoms with Gasteiger partial charge in [0.1, 0.15) is 22.1 Å². The van der Waals surface area contributed by atoms with E-state index in [9.17, 15) is 18.4 Å². The highest BCUT2D eigenvalue weighted by Crippen LogP contribution is 2.26. The number of thiophene rings is 1. The van der Waals surface area contributed by atoms with Crippen LogP contribution in [0.15, 0.2) is 63.9 Å². The standard InChI is InChI=1S/C21H15F2N3O3S2/c1-29-17-5-3-2-4-15(17)24-18(27)11-31-21-25-16-6-7-30-19(16)20(28)26(21)14-9-12(22)8-13(23)10-14/h2-10H,11H2,1H3,(H,24,27). The van der Waals surface area contributed by atoms with Gasteiger partial charge in [0.25, 0.3) is 5.56 Å². The van der Waals surface area contributed by atoms with Gasteiger partial charge in [-0.25, -0.2) is 13.8 Å². The molecule has 0 aliphatic heterocycles. The van der Waals surface area contributed by atoms with Crippen LogP contribution in [-0.4, -0.2) is 28.3 Å². The molecule has 0 aliphatic carbocycles. The number of hydrogen-bond donors (Lipinski definition) is 1. The van der Waals surface area contributed by atoms with Crippen LogP contribution in [0, 0.1) is 11.6 Å². The van der Waals surface area contributed by atoms with E-state index < -0.39 is 17.2 Å². The highest BCUT2D eigenvalue weighted by Gasteiger charge is 2.17. The molecule has 31 heavy (non-hydrogen) atoms. The molecule has 0 bridgehead atoms. The first-order chi connectivity index (χ1) is 15.0. The number of thioether (sulfide) groups is 1. The Labute approximate surface area is 183 Å². The summed E-state index contributed by atoms with van der Waals surface area (Å²) in [6.45, 7) is 0. The van der Waals surface area contributed by atoms with Crippen molar-refractivity contribution in [3.63, 3.8) is 0 Å². The number of carbonyl (C=O) groups is 1. The molecule has 2 aromatic heterocycles. The average Bonchev–Trinajstić information content (AvgIpc) is 3.21. The van der Waals surface area contributed by atoms with Gasteiger partial charge < -0.3 is 10.1 Å². The van der Waals surface area contributed by atoms with Gasteiger partial charge in [-0.2, -0.15) is 0 Å². The Morgan fingerprint density at radius 1 is 1.19 bits per heavy atom. The molecule has 0 unspecified atom stereocenters. The monoisotopic (exact) mass is 459 g/mol. The van der Waals surface area contributed by atoms with Crippen LogP contribution in [0.2, 0.25) is 0 Å². The van der Waals surface area contributed by atoms with Crippen LogP contribution < -0.4 is 15.6 Å². The number of hydrogen-bond acceptors (Lipinski definition) is 6. The number of para-hydroxylation sites is 2. The summed E-state index contributed by atoms with van der Waals surface area (Å²) in [5.41, 5.74) is 0.493. The minimum Gasteiger partial charge on any atom is -0.495 e. The normalized spacial score (nSPS) is 10.9. The van der Waals surface area contributed by atoms with Crippen molar-refractivity contribution in [2.45, 2.75) is 5.16 Å². The fourth-order valence-corrected chi connectivity index (χ4v) is 4.52. The van der Waals surface area contributed by atoms with Crippen LogP contribution in [0.3, 0.4) is 0 Å². The number of carbonyl (C=O) groups excluding carboxylic acids is 1. The second-order valence-electron chi connectivity index (χ2n) is 6.33. The van der Waals surface area contributed by atoms with E-state index in [1.807, 2.05) is 0 Å². The van der Waals surface area contributed by atoms with E-state index in [-0.39, 0.29) is 22.5 Å². The molecule has 4 aromatic rings. The van der Waals surface area contributed by atoms with Crippen molar-refractivity contribution in [1.29, 1.82) is 0 Å². The van der Waals surface area contributed by atoms with Crippen LogP contribution in [0.25, 0.3) is 15.9 Å². The zero-order chi connectivity index (χ0) is 22.0. The van der Waals surface area contributed by atoms with Crippen LogP contribution >= 0.6 is 23.1 Å². The van der Waals surface area contributed by atoms with Gasteiger partial charge in [0, 0.05) is 6.07 Å². The number of methoxy groups -OCH3 is 1. The van der Waals surface area contributed by atoms with E-state index in [1.165, 1.54) is 18.4 Å². The van der Waals surface area contributed by atoms with Gasteiger partial charge in [-0.1, -0.05) is 23.9 Å². The minimum atomic E-state index is -0.821. The molecule has 4 rings (SSSR count). The fourth-order valence-electron chi connectivity index (χ4n) is 2.95. The molecule has 0 fully saturated rings. The molecule has 0 atom stereocenters. The lowest BCUT2D eigenvalue weighted by Gasteiger charge is -2.13. The summed E-state index contributed by atoms with van der Waals surface area (Å²) in [6.07, 6.45) is 0. The predicted molar refractivity (Wildman–Crippen MR) is 117 cm³/mol. The number of amides is 1. The van der Waals surface area contributed by atoms with Gasteiger partial charge >= 0.3 is 0 Å². The summed E-state index contributed by atoms with van der Waals surface area (Å²) in [4.78, 5) is 29.9. The summed E-state index contributed by atoms with van der Waals surface area (Å²) in [6, 6.07) is 11.4. The summed E-state index contributed by atoms with van der Waals surface area (Å²) in [5.74, 6) is -1.58. The third-order valence-corrected chi connectivity index (χ3v) is 6.10. The van der Waals surface area contributed by atoms with Gasteiger partial charge in [-0.15, -0.1) is 11.3 Å². The van der Waals surface area contributed by atoms with Crippen molar-refractivity contribution >= 4 is 44.9 Å². The molecule has 10 heteroatoms. The first-order valence-electron chi connectivity index (χ1n) is 8.98. The third-order valence-electron chi connectivity index (χ3n) is 4.27. The average molecular weight is 459 g/mol. The van der Waals surface area contributed by atoms with Crippen LogP contribution in [0.1, 0.15) is 0 Å². The lowest BCUT2D eigenvalue weighted by molar-refractivity contribution is -0.113. The van der Waals surface area contributed by atoms with Gasteiger partial charge in [0.2, 0.25) is 5.91 Å². The molecule has 2 heterocycles. The largest absolute Gasteiger partial charge is 0.495 e. The van der Waals surface area contributed by atoms with Crippen molar-refractivity contribution in [3.8, 4) is 11.4 Å². The third kappa shape index (κ3) is 4.44. The number of fused-ring (bicyclic) bond motifs is 1. The van der Waals surface area contributed by atoms with Gasteiger partial charge in [-0.05, 0) is 35.7 Å². The Morgan fingerprint density at radius 3 is 2.68 bits per heavy atom. The number of benzene rings is 2. The van der Waals surface area contributed by atoms with Crippen molar-refractivity contribution in [1.82, 2.24) is 9.55 Å². The molecule has 1 N–H and O–H groups in total. The van der Waals surface area contributed by atoms with Gasteiger partial charge in [0.15, 0.2) is 5.16 Å². The highest BCUT2D eigenvalue weighted by atomic mass is 32.2. The summed E-state index contributed by atoms with van der Waals surface area (Å²) in [5, 5.41) is 4.59. The first-order valence-corrected chi connectivity index (χ1v) is 10.8. The summed E-state index contributed by atoms with van der Waals surface area (Å²) in [7, 11) is 1.50. The van der Waals surface area contributed by atoms with E-state index >= 15 is 0 Å². The van der Waals surface area contributed by atoms with E-state index in [4.69, 9.17) is 4.74 Å². The van der Waals surface area contributed by atoms with E-state index in [0.717, 1.165) is 34.5 Å². The second-order valence-corrected chi connectivity index (χ2v) is 8.19. The molecule has 0 saturated carbocycles. The molecule has 1 amide bonds. The van der Waals surface area contributed by atoms with Gasteiger partial charge in [-0.3, -0.25) is 14.2 Å². The Balaban J connectivity index is 1.67. The zero-order valence-corrected chi connectivity index (χ0v) is 17.7. The Bertz CT molecular complexity index is 1320. The van der Waals surface area contributed by atoms with Gasteiger partial charge in [0.05, 0.1) is 29.8 Å². The molecule has 158 valence electrons. The Morgan fingerprint density at radius 2 is 1.94 bits per heavy atom. The van der Waals surface area contributed by atoms with E-state index in [1.54, 1.807) is 35.7 Å². The van der Waals surface area contributed by atoms with Crippen LogP contribution in [-0.2, 0) is 4.79 Å². The maximum absolute atomic E-state index is 13.8. The number of ether oxygens (including phenoxy) is 1. The number of anilines is 1. The highest BCUT2D eigenvalue weighted by molar-refractivity contribution is 7.99. The molecule has 0 spiro atoms. The molecule has 0 saturated heterocycles. The maximum atomic E-state index is 13.8. The van der Waals surface area contributed by atoms with Crippen molar-refractivity contribution in [3.05, 3.63) is 75.9 Å². The molecular weight excluding hydrogens is 444 g/mol. The lowest BCUT2D eigenvalue weighted by Crippen LogP contribution is -2.22. The summed E-state index contributed by atoms with van der Waals surface area (Å²) >= 11 is 2.17. The SMILES string of the molecule is COc1ccccc1NC(=O)CSc1nc2ccsc2c(=O)n1-c1cc(F)cc(F)c1. The number of rotatable bonds is 6. The zero-order valence-electron chi connectivity index (χ0n) is 16.1. The Hall–Kier alpha value is -3.24. The molecular formula is C21H15F2N3O3S2. The number of aromatic nitrogens is 2. The topological polar surface area (TPSA) is 73.2 Å². The smallest absolute Gasteiger partial charge is 0.276 e. The number of nitrogens with one attached hydrogen (secondary N) is 1. The van der Waals surface area contributed by atoms with Crippen molar-refractivity contribution in [2.24, 2.45) is 0 Å². The van der Waals surface area contributed by atoms with Crippen molar-refractivity contribution < 1.29 is 18.3 Å². The van der Waals surface area contributed by atoms with Crippen LogP contribution in [0.4, 0.5) is 14.5 Å². The van der Waals surface area contributed by atoms with E-state index in [2.05, 4.69) is 10.3 Å². The summed E-state index contributed by atoms with van der Waals surface area (Å²) < 4.78 is 34.3. The fraction of sp³-hybridized carbons (Fsp3) is 0.0952. The number of nitrogens with zero attached hydrogens (tertiary/aromatic N) is 2. The van der Waals surface area contributed by atoms with Crippen molar-refractivity contribution in [2.75, 3.05) is 18.2 Å².